The van der Waals surface area contributed by atoms with Gasteiger partial charge >= 0.3 is 5.97 Å². The number of esters is 1. The van der Waals surface area contributed by atoms with E-state index in [9.17, 15) is 9.59 Å². The molecule has 1 aromatic rings. The zero-order valence-corrected chi connectivity index (χ0v) is 16.1. The Morgan fingerprint density at radius 2 is 1.56 bits per heavy atom. The van der Waals surface area contributed by atoms with Crippen LogP contribution in [0.1, 0.15) is 69.1 Å². The summed E-state index contributed by atoms with van der Waals surface area (Å²) in [7, 11) is 0. The molecular weight excluding hydrogens is 324 g/mol. The van der Waals surface area contributed by atoms with Crippen LogP contribution in [0.25, 0.3) is 0 Å². The lowest BCUT2D eigenvalue weighted by Crippen LogP contribution is -2.25. The minimum absolute atomic E-state index is 0.0145. The molecule has 0 aliphatic heterocycles. The Hall–Kier alpha value is -1.66. The second kappa shape index (κ2) is 9.15. The van der Waals surface area contributed by atoms with Gasteiger partial charge in [-0.05, 0) is 32.4 Å². The number of ketones is 1. The van der Waals surface area contributed by atoms with Crippen LogP contribution in [0, 0.1) is 5.41 Å². The molecule has 0 fully saturated rings. The first-order valence-corrected chi connectivity index (χ1v) is 8.60. The first-order valence-electron chi connectivity index (χ1n) is 8.60. The summed E-state index contributed by atoms with van der Waals surface area (Å²) in [5.41, 5.74) is -0.724. The largest absolute Gasteiger partial charge is 0.457 e. The van der Waals surface area contributed by atoms with Gasteiger partial charge in [-0.1, -0.05) is 27.7 Å². The number of carbonyl (C=O) groups excluding carboxylic acids is 2. The Morgan fingerprint density at radius 1 is 0.960 bits per heavy atom. The van der Waals surface area contributed by atoms with Gasteiger partial charge in [-0.15, -0.1) is 0 Å². The van der Waals surface area contributed by atoms with Crippen molar-refractivity contribution >= 4 is 11.8 Å². The molecule has 0 aliphatic carbocycles. The highest BCUT2D eigenvalue weighted by molar-refractivity contribution is 5.98. The molecule has 0 saturated carbocycles. The van der Waals surface area contributed by atoms with Crippen molar-refractivity contribution in [3.8, 4) is 0 Å². The summed E-state index contributed by atoms with van der Waals surface area (Å²) in [5, 5.41) is 0. The molecule has 0 bridgehead atoms. The lowest BCUT2D eigenvalue weighted by Gasteiger charge is -2.23. The molecule has 6 heteroatoms. The van der Waals surface area contributed by atoms with E-state index in [1.165, 1.54) is 12.1 Å². The molecule has 1 aromatic heterocycles. The van der Waals surface area contributed by atoms with E-state index in [-0.39, 0.29) is 36.1 Å². The van der Waals surface area contributed by atoms with Gasteiger partial charge in [0.15, 0.2) is 5.76 Å². The molecule has 0 aliphatic rings. The SMILES string of the molecule is CCC(C)(C)OCCOCCOC(=O)c1ccc(C(=O)C(C)(C)C)o1. The van der Waals surface area contributed by atoms with Gasteiger partial charge in [-0.2, -0.15) is 0 Å². The number of carbonyl (C=O) groups is 2. The molecule has 0 unspecified atom stereocenters. The molecule has 0 aromatic carbocycles. The fourth-order valence-corrected chi connectivity index (χ4v) is 1.78. The highest BCUT2D eigenvalue weighted by Gasteiger charge is 2.27. The summed E-state index contributed by atoms with van der Waals surface area (Å²) in [6, 6.07) is 2.94. The molecule has 0 radical (unpaired) electrons. The fourth-order valence-electron chi connectivity index (χ4n) is 1.78. The highest BCUT2D eigenvalue weighted by atomic mass is 16.6. The normalized spacial score (nSPS) is 12.2. The van der Waals surface area contributed by atoms with E-state index < -0.39 is 11.4 Å². The standard InChI is InChI=1S/C19H30O6/c1-7-19(5,6)24-13-11-22-10-12-23-17(21)15-9-8-14(25-15)16(20)18(2,3)4/h8-9H,7,10-13H2,1-6H3. The quantitative estimate of drug-likeness (QED) is 0.360. The molecule has 1 heterocycles. The minimum Gasteiger partial charge on any atom is -0.457 e. The maximum atomic E-state index is 12.1. The van der Waals surface area contributed by atoms with E-state index >= 15 is 0 Å². The lowest BCUT2D eigenvalue weighted by atomic mass is 9.89. The molecule has 0 amide bonds. The maximum absolute atomic E-state index is 12.1. The van der Waals surface area contributed by atoms with Gasteiger partial charge in [0.1, 0.15) is 6.61 Å². The molecule has 0 spiro atoms. The average molecular weight is 354 g/mol. The molecular formula is C19H30O6. The second-order valence-electron chi connectivity index (χ2n) is 7.45. The predicted molar refractivity (Wildman–Crippen MR) is 93.9 cm³/mol. The summed E-state index contributed by atoms with van der Waals surface area (Å²) in [5.74, 6) is -0.600. The smallest absolute Gasteiger partial charge is 0.374 e. The van der Waals surface area contributed by atoms with Crippen LogP contribution < -0.4 is 0 Å². The number of furan rings is 1. The number of rotatable bonds is 10. The third-order valence-corrected chi connectivity index (χ3v) is 3.74. The Kier molecular flexibility index (Phi) is 7.83. The van der Waals surface area contributed by atoms with Crippen molar-refractivity contribution in [2.45, 2.75) is 53.6 Å². The van der Waals surface area contributed by atoms with E-state index in [2.05, 4.69) is 6.92 Å². The third kappa shape index (κ3) is 7.40. The zero-order valence-electron chi connectivity index (χ0n) is 16.1. The average Bonchev–Trinajstić information content (AvgIpc) is 3.02. The summed E-state index contributed by atoms with van der Waals surface area (Å²) in [4.78, 5) is 24.0. The van der Waals surface area contributed by atoms with Crippen molar-refractivity contribution in [1.29, 1.82) is 0 Å². The Labute approximate surface area is 149 Å². The van der Waals surface area contributed by atoms with Crippen molar-refractivity contribution in [2.75, 3.05) is 26.4 Å². The molecule has 142 valence electrons. The van der Waals surface area contributed by atoms with E-state index in [0.717, 1.165) is 6.42 Å². The van der Waals surface area contributed by atoms with Crippen molar-refractivity contribution < 1.29 is 28.2 Å². The molecule has 1 rings (SSSR count). The molecule has 0 N–H and O–H groups in total. The highest BCUT2D eigenvalue weighted by Crippen LogP contribution is 2.22. The van der Waals surface area contributed by atoms with Crippen LogP contribution >= 0.6 is 0 Å². The number of ether oxygens (including phenoxy) is 3. The Balaban J connectivity index is 2.27. The van der Waals surface area contributed by atoms with Crippen LogP contribution in [-0.4, -0.2) is 43.8 Å². The van der Waals surface area contributed by atoms with Crippen LogP contribution in [0.2, 0.25) is 0 Å². The van der Waals surface area contributed by atoms with Crippen LogP contribution in [-0.2, 0) is 14.2 Å². The fraction of sp³-hybridized carbons (Fsp3) is 0.684. The first-order chi connectivity index (χ1) is 11.6. The van der Waals surface area contributed by atoms with Crippen molar-refractivity contribution in [3.63, 3.8) is 0 Å². The van der Waals surface area contributed by atoms with E-state index in [1.807, 2.05) is 13.8 Å². The van der Waals surface area contributed by atoms with E-state index in [1.54, 1.807) is 20.8 Å². The van der Waals surface area contributed by atoms with Crippen LogP contribution in [0.3, 0.4) is 0 Å². The lowest BCUT2D eigenvalue weighted by molar-refractivity contribution is -0.0516. The Morgan fingerprint density at radius 3 is 2.16 bits per heavy atom. The van der Waals surface area contributed by atoms with Crippen molar-refractivity contribution in [3.05, 3.63) is 23.7 Å². The van der Waals surface area contributed by atoms with Gasteiger partial charge in [-0.3, -0.25) is 4.79 Å². The van der Waals surface area contributed by atoms with E-state index in [4.69, 9.17) is 18.6 Å². The summed E-state index contributed by atoms with van der Waals surface area (Å²) in [6.07, 6.45) is 0.924. The third-order valence-electron chi connectivity index (χ3n) is 3.74. The number of hydrogen-bond donors (Lipinski definition) is 0. The monoisotopic (exact) mass is 354 g/mol. The number of hydrogen-bond acceptors (Lipinski definition) is 6. The van der Waals surface area contributed by atoms with Gasteiger partial charge in [-0.25, -0.2) is 4.79 Å². The van der Waals surface area contributed by atoms with Gasteiger partial charge < -0.3 is 18.6 Å². The van der Waals surface area contributed by atoms with E-state index in [0.29, 0.717) is 13.2 Å². The van der Waals surface area contributed by atoms with Crippen molar-refractivity contribution in [1.82, 2.24) is 0 Å². The second-order valence-corrected chi connectivity index (χ2v) is 7.45. The van der Waals surface area contributed by atoms with Gasteiger partial charge in [0.05, 0.1) is 25.4 Å². The van der Waals surface area contributed by atoms with Crippen LogP contribution in [0.4, 0.5) is 0 Å². The first kappa shape index (κ1) is 21.4. The Bertz CT molecular complexity index is 565. The minimum atomic E-state index is -0.611. The zero-order chi connectivity index (χ0) is 19.1. The van der Waals surface area contributed by atoms with Crippen molar-refractivity contribution in [2.24, 2.45) is 5.41 Å². The van der Waals surface area contributed by atoms with Gasteiger partial charge in [0.2, 0.25) is 11.5 Å². The maximum Gasteiger partial charge on any atom is 0.374 e. The topological polar surface area (TPSA) is 75.0 Å². The molecule has 0 saturated heterocycles. The molecule has 25 heavy (non-hydrogen) atoms. The van der Waals surface area contributed by atoms with Gasteiger partial charge in [0.25, 0.3) is 0 Å². The summed E-state index contributed by atoms with van der Waals surface area (Å²) in [6.45, 7) is 12.8. The van der Waals surface area contributed by atoms with Gasteiger partial charge in [0, 0.05) is 5.41 Å². The summed E-state index contributed by atoms with van der Waals surface area (Å²) < 4.78 is 21.4. The van der Waals surface area contributed by atoms with Crippen LogP contribution in [0.5, 0.6) is 0 Å². The number of Topliss-reactive ketones (excluding diaryl/α,β-unsaturated/α-hetero) is 1. The molecule has 0 atom stereocenters. The summed E-state index contributed by atoms with van der Waals surface area (Å²) >= 11 is 0. The van der Waals surface area contributed by atoms with Crippen LogP contribution in [0.15, 0.2) is 16.5 Å². The predicted octanol–water partition coefficient (Wildman–Crippen LogP) is 3.89. The molecule has 6 nitrogen and oxygen atoms in total.